The highest BCUT2D eigenvalue weighted by Crippen LogP contribution is 2.29. The molecule has 5 heteroatoms. The van der Waals surface area contributed by atoms with Crippen molar-refractivity contribution in [3.63, 3.8) is 0 Å². The van der Waals surface area contributed by atoms with Gasteiger partial charge in [0.05, 0.1) is 12.1 Å². The highest BCUT2D eigenvalue weighted by Gasteiger charge is 2.09. The van der Waals surface area contributed by atoms with Gasteiger partial charge in [-0.1, -0.05) is 23.7 Å². The summed E-state index contributed by atoms with van der Waals surface area (Å²) in [6, 6.07) is 11.1. The molecule has 0 aliphatic carbocycles. The van der Waals surface area contributed by atoms with Gasteiger partial charge in [-0.15, -0.1) is 12.6 Å². The fourth-order valence-corrected chi connectivity index (χ4v) is 2.61. The van der Waals surface area contributed by atoms with Gasteiger partial charge in [0.25, 0.3) is 0 Å². The zero-order valence-corrected chi connectivity index (χ0v) is 14.0. The van der Waals surface area contributed by atoms with E-state index in [4.69, 9.17) is 11.6 Å². The van der Waals surface area contributed by atoms with Crippen LogP contribution >= 0.6 is 40.2 Å². The van der Waals surface area contributed by atoms with E-state index in [-0.39, 0.29) is 5.91 Å². The van der Waals surface area contributed by atoms with Gasteiger partial charge in [0.1, 0.15) is 0 Å². The first kappa shape index (κ1) is 15.4. The lowest BCUT2D eigenvalue weighted by atomic mass is 10.1. The minimum atomic E-state index is -0.0856. The molecule has 2 aromatic carbocycles. The average molecular weight is 371 g/mol. The van der Waals surface area contributed by atoms with Gasteiger partial charge in [-0.25, -0.2) is 0 Å². The Labute approximate surface area is 137 Å². The van der Waals surface area contributed by atoms with E-state index in [1.165, 1.54) is 0 Å². The van der Waals surface area contributed by atoms with E-state index >= 15 is 0 Å². The number of amides is 1. The summed E-state index contributed by atoms with van der Waals surface area (Å²) in [6.45, 7) is 1.91. The summed E-state index contributed by atoms with van der Waals surface area (Å²) in [5.41, 5.74) is 2.58. The molecule has 104 valence electrons. The molecule has 0 aliphatic rings. The lowest BCUT2D eigenvalue weighted by Crippen LogP contribution is -2.14. The summed E-state index contributed by atoms with van der Waals surface area (Å²) < 4.78 is 0.818. The highest BCUT2D eigenvalue weighted by atomic mass is 79.9. The topological polar surface area (TPSA) is 29.1 Å². The van der Waals surface area contributed by atoms with Crippen LogP contribution in [-0.2, 0) is 11.2 Å². The maximum Gasteiger partial charge on any atom is 0.228 e. The number of hydrogen-bond acceptors (Lipinski definition) is 2. The lowest BCUT2D eigenvalue weighted by Gasteiger charge is -2.09. The monoisotopic (exact) mass is 369 g/mol. The molecule has 0 fully saturated rings. The van der Waals surface area contributed by atoms with E-state index < -0.39 is 0 Å². The normalized spacial score (nSPS) is 10.4. The van der Waals surface area contributed by atoms with Crippen molar-refractivity contribution in [2.45, 2.75) is 18.2 Å². The van der Waals surface area contributed by atoms with Crippen LogP contribution in [0.3, 0.4) is 0 Å². The first-order valence-corrected chi connectivity index (χ1v) is 7.61. The van der Waals surface area contributed by atoms with Crippen molar-refractivity contribution in [1.29, 1.82) is 0 Å². The third-order valence-corrected chi connectivity index (χ3v) is 4.18. The average Bonchev–Trinajstić information content (AvgIpc) is 2.39. The molecule has 0 aromatic heterocycles. The van der Waals surface area contributed by atoms with E-state index in [1.54, 1.807) is 6.07 Å². The smallest absolute Gasteiger partial charge is 0.228 e. The first-order valence-electron chi connectivity index (χ1n) is 5.99. The van der Waals surface area contributed by atoms with Crippen LogP contribution in [0.5, 0.6) is 0 Å². The molecule has 0 bridgehead atoms. The molecular formula is C15H13BrClNOS. The van der Waals surface area contributed by atoms with Crippen LogP contribution < -0.4 is 5.32 Å². The summed E-state index contributed by atoms with van der Waals surface area (Å²) >= 11 is 13.7. The minimum Gasteiger partial charge on any atom is -0.325 e. The maximum atomic E-state index is 12.0. The van der Waals surface area contributed by atoms with Crippen LogP contribution in [-0.4, -0.2) is 5.91 Å². The number of thiol groups is 1. The number of nitrogens with one attached hydrogen (secondary N) is 1. The van der Waals surface area contributed by atoms with Crippen molar-refractivity contribution in [3.8, 4) is 0 Å². The number of hydrogen-bond donors (Lipinski definition) is 2. The number of carbonyl (C=O) groups is 1. The summed E-state index contributed by atoms with van der Waals surface area (Å²) in [5.74, 6) is -0.0856. The van der Waals surface area contributed by atoms with Gasteiger partial charge >= 0.3 is 0 Å². The van der Waals surface area contributed by atoms with Crippen LogP contribution in [0.2, 0.25) is 5.02 Å². The van der Waals surface area contributed by atoms with Gasteiger partial charge in [-0.3, -0.25) is 4.79 Å². The number of halogens is 2. The molecule has 0 saturated heterocycles. The number of anilines is 1. The second kappa shape index (κ2) is 6.66. The Balaban J connectivity index is 2.08. The van der Waals surface area contributed by atoms with E-state index in [1.807, 2.05) is 37.3 Å². The van der Waals surface area contributed by atoms with Gasteiger partial charge in [-0.2, -0.15) is 0 Å². The number of carbonyl (C=O) groups excluding carboxylic acids is 1. The van der Waals surface area contributed by atoms with Gasteiger partial charge < -0.3 is 5.32 Å². The molecule has 0 saturated carbocycles. The Kier molecular flexibility index (Phi) is 5.13. The second-order valence-electron chi connectivity index (χ2n) is 4.47. The fraction of sp³-hybridized carbons (Fsp3) is 0.133. The van der Waals surface area contributed by atoms with Crippen molar-refractivity contribution in [2.75, 3.05) is 5.32 Å². The van der Waals surface area contributed by atoms with Crippen molar-refractivity contribution in [2.24, 2.45) is 0 Å². The molecule has 1 N–H and O–H groups in total. The quantitative estimate of drug-likeness (QED) is 0.741. The molecule has 20 heavy (non-hydrogen) atoms. The molecule has 0 atom stereocenters. The van der Waals surface area contributed by atoms with Gasteiger partial charge in [0.15, 0.2) is 0 Å². The molecule has 0 spiro atoms. The van der Waals surface area contributed by atoms with E-state index in [0.29, 0.717) is 17.1 Å². The Bertz CT molecular complexity index is 643. The molecule has 2 nitrogen and oxygen atoms in total. The van der Waals surface area contributed by atoms with Crippen molar-refractivity contribution in [3.05, 3.63) is 57.0 Å². The molecular weight excluding hydrogens is 358 g/mol. The molecule has 0 unspecified atom stereocenters. The van der Waals surface area contributed by atoms with Crippen LogP contribution in [0.4, 0.5) is 5.69 Å². The summed E-state index contributed by atoms with van der Waals surface area (Å²) in [6.07, 6.45) is 0.312. The van der Waals surface area contributed by atoms with Gasteiger partial charge in [0.2, 0.25) is 5.91 Å². The van der Waals surface area contributed by atoms with Crippen molar-refractivity contribution < 1.29 is 4.79 Å². The Morgan fingerprint density at radius 1 is 1.30 bits per heavy atom. The predicted octanol–water partition coefficient (Wildman–Crippen LogP) is 4.88. The highest BCUT2D eigenvalue weighted by molar-refractivity contribution is 9.10. The Morgan fingerprint density at radius 3 is 2.60 bits per heavy atom. The lowest BCUT2D eigenvalue weighted by molar-refractivity contribution is -0.115. The SMILES string of the molecule is Cc1cc(Br)c(NC(=O)Cc2ccc(S)cc2)cc1Cl. The standard InChI is InChI=1S/C15H13BrClNOS/c1-9-6-12(16)14(8-13(9)17)18-15(19)7-10-2-4-11(20)5-3-10/h2-6,8,20H,7H2,1H3,(H,18,19). The minimum absolute atomic E-state index is 0.0856. The van der Waals surface area contributed by atoms with Gasteiger partial charge in [0, 0.05) is 14.4 Å². The van der Waals surface area contributed by atoms with E-state index in [9.17, 15) is 4.79 Å². The van der Waals surface area contributed by atoms with Crippen molar-refractivity contribution >= 4 is 51.8 Å². The summed E-state index contributed by atoms with van der Waals surface area (Å²) in [7, 11) is 0. The van der Waals surface area contributed by atoms with Crippen LogP contribution in [0.25, 0.3) is 0 Å². The largest absolute Gasteiger partial charge is 0.325 e. The second-order valence-corrected chi connectivity index (χ2v) is 6.25. The van der Waals surface area contributed by atoms with Crippen LogP contribution in [0.1, 0.15) is 11.1 Å². The predicted molar refractivity (Wildman–Crippen MR) is 89.9 cm³/mol. The molecule has 0 heterocycles. The van der Waals surface area contributed by atoms with Crippen LogP contribution in [0.15, 0.2) is 45.8 Å². The maximum absolute atomic E-state index is 12.0. The zero-order valence-electron chi connectivity index (χ0n) is 10.8. The molecule has 0 radical (unpaired) electrons. The molecule has 2 aromatic rings. The Hall–Kier alpha value is -0.970. The van der Waals surface area contributed by atoms with Crippen LogP contribution in [0, 0.1) is 6.92 Å². The number of benzene rings is 2. The van der Waals surface area contributed by atoms with E-state index in [0.717, 1.165) is 20.5 Å². The summed E-state index contributed by atoms with van der Waals surface area (Å²) in [5, 5.41) is 3.48. The third-order valence-electron chi connectivity index (χ3n) is 2.82. The summed E-state index contributed by atoms with van der Waals surface area (Å²) in [4.78, 5) is 12.9. The molecule has 0 aliphatic heterocycles. The zero-order chi connectivity index (χ0) is 14.7. The molecule has 1 amide bonds. The Morgan fingerprint density at radius 2 is 1.95 bits per heavy atom. The fourth-order valence-electron chi connectivity index (χ4n) is 1.74. The van der Waals surface area contributed by atoms with Crippen molar-refractivity contribution in [1.82, 2.24) is 0 Å². The molecule has 2 rings (SSSR count). The van der Waals surface area contributed by atoms with E-state index in [2.05, 4.69) is 33.9 Å². The van der Waals surface area contributed by atoms with Gasteiger partial charge in [-0.05, 0) is 58.2 Å². The third kappa shape index (κ3) is 4.01. The first-order chi connectivity index (χ1) is 9.45. The number of aryl methyl sites for hydroxylation is 1. The number of rotatable bonds is 3.